The molecular weight excluding hydrogens is 358 g/mol. The van der Waals surface area contributed by atoms with Crippen LogP contribution in [0.1, 0.15) is 31.5 Å². The SMILES string of the molecule is CCN(CC)c1ccc(Nc2cc(C)nc(NCCCc3ccccc3)n2)cc1. The van der Waals surface area contributed by atoms with E-state index < -0.39 is 0 Å². The molecule has 0 aliphatic heterocycles. The Morgan fingerprint density at radius 3 is 2.31 bits per heavy atom. The van der Waals surface area contributed by atoms with Crippen molar-refractivity contribution in [3.63, 3.8) is 0 Å². The maximum atomic E-state index is 4.62. The van der Waals surface area contributed by atoms with Crippen molar-refractivity contribution >= 4 is 23.1 Å². The molecule has 0 atom stereocenters. The second-order valence-electron chi connectivity index (χ2n) is 7.08. The Kier molecular flexibility index (Phi) is 7.45. The van der Waals surface area contributed by atoms with Gasteiger partial charge in [-0.2, -0.15) is 4.98 Å². The summed E-state index contributed by atoms with van der Waals surface area (Å²) < 4.78 is 0. The molecule has 152 valence electrons. The van der Waals surface area contributed by atoms with Gasteiger partial charge in [0.1, 0.15) is 5.82 Å². The first kappa shape index (κ1) is 20.6. The van der Waals surface area contributed by atoms with Crippen molar-refractivity contribution in [1.29, 1.82) is 0 Å². The number of anilines is 4. The van der Waals surface area contributed by atoms with Crippen molar-refractivity contribution in [2.24, 2.45) is 0 Å². The largest absolute Gasteiger partial charge is 0.372 e. The van der Waals surface area contributed by atoms with E-state index in [1.165, 1.54) is 11.3 Å². The summed E-state index contributed by atoms with van der Waals surface area (Å²) in [7, 11) is 0. The third-order valence-electron chi connectivity index (χ3n) is 4.89. The summed E-state index contributed by atoms with van der Waals surface area (Å²) in [6, 6.07) is 21.0. The molecule has 2 N–H and O–H groups in total. The van der Waals surface area contributed by atoms with Crippen LogP contribution in [0, 0.1) is 6.92 Å². The molecule has 0 saturated carbocycles. The van der Waals surface area contributed by atoms with Crippen LogP contribution in [-0.4, -0.2) is 29.6 Å². The zero-order valence-corrected chi connectivity index (χ0v) is 17.7. The standard InChI is InChI=1S/C24H31N5/c1-4-29(5-2)22-15-13-21(14-16-22)27-23-18-19(3)26-24(28-23)25-17-9-12-20-10-7-6-8-11-20/h6-8,10-11,13-16,18H,4-5,9,12,17H2,1-3H3,(H2,25,26,27,28). The number of nitrogens with zero attached hydrogens (tertiary/aromatic N) is 3. The molecular formula is C24H31N5. The molecule has 1 aromatic heterocycles. The van der Waals surface area contributed by atoms with Crippen LogP contribution in [0.15, 0.2) is 60.7 Å². The van der Waals surface area contributed by atoms with Crippen LogP contribution in [0.5, 0.6) is 0 Å². The number of aryl methyl sites for hydroxylation is 2. The van der Waals surface area contributed by atoms with Crippen molar-refractivity contribution in [2.75, 3.05) is 35.2 Å². The smallest absolute Gasteiger partial charge is 0.224 e. The molecule has 0 amide bonds. The fourth-order valence-corrected chi connectivity index (χ4v) is 3.34. The number of benzene rings is 2. The van der Waals surface area contributed by atoms with Gasteiger partial charge < -0.3 is 15.5 Å². The fourth-order valence-electron chi connectivity index (χ4n) is 3.34. The third-order valence-corrected chi connectivity index (χ3v) is 4.89. The van der Waals surface area contributed by atoms with Crippen molar-refractivity contribution in [2.45, 2.75) is 33.6 Å². The highest BCUT2D eigenvalue weighted by molar-refractivity contribution is 5.61. The molecule has 0 unspecified atom stereocenters. The number of hydrogen-bond donors (Lipinski definition) is 2. The van der Waals surface area contributed by atoms with E-state index in [9.17, 15) is 0 Å². The molecule has 0 bridgehead atoms. The van der Waals surface area contributed by atoms with Crippen LogP contribution in [-0.2, 0) is 6.42 Å². The normalized spacial score (nSPS) is 10.6. The molecule has 0 spiro atoms. The molecule has 3 rings (SSSR count). The van der Waals surface area contributed by atoms with Crippen molar-refractivity contribution < 1.29 is 0 Å². The van der Waals surface area contributed by atoms with Crippen LogP contribution < -0.4 is 15.5 Å². The van der Waals surface area contributed by atoms with Gasteiger partial charge in [-0.15, -0.1) is 0 Å². The van der Waals surface area contributed by atoms with E-state index >= 15 is 0 Å². The van der Waals surface area contributed by atoms with E-state index in [4.69, 9.17) is 0 Å². The first-order valence-electron chi connectivity index (χ1n) is 10.4. The highest BCUT2D eigenvalue weighted by atomic mass is 15.1. The second-order valence-corrected chi connectivity index (χ2v) is 7.08. The number of aromatic nitrogens is 2. The van der Waals surface area contributed by atoms with Gasteiger partial charge >= 0.3 is 0 Å². The van der Waals surface area contributed by atoms with Gasteiger partial charge in [-0.05, 0) is 63.4 Å². The van der Waals surface area contributed by atoms with Gasteiger partial charge in [-0.25, -0.2) is 4.98 Å². The molecule has 0 saturated heterocycles. The van der Waals surface area contributed by atoms with Gasteiger partial charge in [0.15, 0.2) is 0 Å². The first-order valence-corrected chi connectivity index (χ1v) is 10.4. The summed E-state index contributed by atoms with van der Waals surface area (Å²) >= 11 is 0. The van der Waals surface area contributed by atoms with E-state index in [0.717, 1.165) is 49.7 Å². The second kappa shape index (κ2) is 10.5. The van der Waals surface area contributed by atoms with Crippen LogP contribution >= 0.6 is 0 Å². The van der Waals surface area contributed by atoms with Crippen molar-refractivity contribution in [3.05, 3.63) is 71.9 Å². The third kappa shape index (κ3) is 6.21. The van der Waals surface area contributed by atoms with Gasteiger partial charge in [0.25, 0.3) is 0 Å². The van der Waals surface area contributed by atoms with Gasteiger partial charge in [0, 0.05) is 42.8 Å². The summed E-state index contributed by atoms with van der Waals surface area (Å²) in [5, 5.41) is 6.75. The molecule has 5 nitrogen and oxygen atoms in total. The van der Waals surface area contributed by atoms with E-state index in [0.29, 0.717) is 5.95 Å². The zero-order valence-electron chi connectivity index (χ0n) is 17.7. The summed E-state index contributed by atoms with van der Waals surface area (Å²) in [6.07, 6.45) is 2.08. The Morgan fingerprint density at radius 2 is 1.62 bits per heavy atom. The molecule has 0 aliphatic carbocycles. The van der Waals surface area contributed by atoms with Crippen LogP contribution in [0.25, 0.3) is 0 Å². The maximum absolute atomic E-state index is 4.62. The Hall–Kier alpha value is -3.08. The minimum Gasteiger partial charge on any atom is -0.372 e. The number of hydrogen-bond acceptors (Lipinski definition) is 5. The lowest BCUT2D eigenvalue weighted by atomic mass is 10.1. The maximum Gasteiger partial charge on any atom is 0.224 e. The Morgan fingerprint density at radius 1 is 0.897 bits per heavy atom. The number of rotatable bonds is 10. The van der Waals surface area contributed by atoms with Gasteiger partial charge in [-0.1, -0.05) is 30.3 Å². The fraction of sp³-hybridized carbons (Fsp3) is 0.333. The van der Waals surface area contributed by atoms with Gasteiger partial charge in [0.05, 0.1) is 0 Å². The molecule has 2 aromatic carbocycles. The van der Waals surface area contributed by atoms with Crippen molar-refractivity contribution in [3.8, 4) is 0 Å². The van der Waals surface area contributed by atoms with E-state index in [2.05, 4.69) is 87.9 Å². The highest BCUT2D eigenvalue weighted by Gasteiger charge is 2.05. The van der Waals surface area contributed by atoms with Crippen LogP contribution in [0.3, 0.4) is 0 Å². The average Bonchev–Trinajstić information content (AvgIpc) is 2.74. The quantitative estimate of drug-likeness (QED) is 0.454. The molecule has 0 fully saturated rings. The van der Waals surface area contributed by atoms with Gasteiger partial charge in [0.2, 0.25) is 5.95 Å². The molecule has 1 heterocycles. The average molecular weight is 390 g/mol. The van der Waals surface area contributed by atoms with Crippen molar-refractivity contribution in [1.82, 2.24) is 9.97 Å². The lowest BCUT2D eigenvalue weighted by Gasteiger charge is -2.21. The minimum atomic E-state index is 0.667. The lowest BCUT2D eigenvalue weighted by Crippen LogP contribution is -2.21. The summed E-state index contributed by atoms with van der Waals surface area (Å²) in [5.41, 5.74) is 4.55. The lowest BCUT2D eigenvalue weighted by molar-refractivity contribution is 0.851. The Bertz CT molecular complexity index is 874. The topological polar surface area (TPSA) is 53.1 Å². The molecule has 3 aromatic rings. The highest BCUT2D eigenvalue weighted by Crippen LogP contribution is 2.21. The van der Waals surface area contributed by atoms with E-state index in [1.807, 2.05) is 19.1 Å². The molecule has 29 heavy (non-hydrogen) atoms. The van der Waals surface area contributed by atoms with Crippen LogP contribution in [0.2, 0.25) is 0 Å². The summed E-state index contributed by atoms with van der Waals surface area (Å²) in [4.78, 5) is 11.5. The van der Waals surface area contributed by atoms with E-state index in [-0.39, 0.29) is 0 Å². The molecule has 0 radical (unpaired) electrons. The predicted molar refractivity (Wildman–Crippen MR) is 123 cm³/mol. The minimum absolute atomic E-state index is 0.667. The first-order chi connectivity index (χ1) is 14.2. The molecule has 0 aliphatic rings. The summed E-state index contributed by atoms with van der Waals surface area (Å²) in [6.45, 7) is 9.20. The van der Waals surface area contributed by atoms with Gasteiger partial charge in [-0.3, -0.25) is 0 Å². The predicted octanol–water partition coefficient (Wildman–Crippen LogP) is 5.42. The number of nitrogens with one attached hydrogen (secondary N) is 2. The van der Waals surface area contributed by atoms with Crippen LogP contribution in [0.4, 0.5) is 23.1 Å². The summed E-state index contributed by atoms with van der Waals surface area (Å²) in [5.74, 6) is 1.47. The Balaban J connectivity index is 1.57. The monoisotopic (exact) mass is 389 g/mol. The zero-order chi connectivity index (χ0) is 20.5. The Labute approximate surface area is 174 Å². The van der Waals surface area contributed by atoms with E-state index in [1.54, 1.807) is 0 Å². The molecule has 5 heteroatoms.